The summed E-state index contributed by atoms with van der Waals surface area (Å²) >= 11 is 0. The molecule has 0 saturated carbocycles. The standard InChI is InChI=1S/C11H17NO7/c1-7(13)17-5-8(4-12(15)16)10-9(14)6-18-11(2,3)19-10/h8,10H,4-6H2,1-3H3/t8-,10-/m0/s1. The van der Waals surface area contributed by atoms with E-state index in [4.69, 9.17) is 14.2 Å². The number of Topliss-reactive ketones (excluding diaryl/α,β-unsaturated/α-hetero) is 1. The second-order valence-corrected chi connectivity index (χ2v) is 4.77. The summed E-state index contributed by atoms with van der Waals surface area (Å²) in [6, 6.07) is 0. The predicted molar refractivity (Wildman–Crippen MR) is 61.9 cm³/mol. The molecule has 0 N–H and O–H groups in total. The quantitative estimate of drug-likeness (QED) is 0.400. The van der Waals surface area contributed by atoms with Crippen LogP contribution in [0.15, 0.2) is 0 Å². The van der Waals surface area contributed by atoms with Crippen LogP contribution in [0.3, 0.4) is 0 Å². The Balaban J connectivity index is 2.78. The van der Waals surface area contributed by atoms with Gasteiger partial charge in [-0.05, 0) is 13.8 Å². The third-order valence-corrected chi connectivity index (χ3v) is 2.60. The van der Waals surface area contributed by atoms with Crippen LogP contribution in [0.5, 0.6) is 0 Å². The van der Waals surface area contributed by atoms with Crippen molar-refractivity contribution < 1.29 is 28.7 Å². The third kappa shape index (κ3) is 4.92. The Kier molecular flexibility index (Phi) is 4.96. The molecule has 1 heterocycles. The molecule has 2 atom stereocenters. The smallest absolute Gasteiger partial charge is 0.302 e. The number of hydrogen-bond donors (Lipinski definition) is 0. The van der Waals surface area contributed by atoms with Gasteiger partial charge in [-0.15, -0.1) is 0 Å². The van der Waals surface area contributed by atoms with Crippen LogP contribution in [0.2, 0.25) is 0 Å². The van der Waals surface area contributed by atoms with Crippen molar-refractivity contribution in [1.29, 1.82) is 0 Å². The molecule has 0 aromatic rings. The SMILES string of the molecule is CC(=O)OC[C@H](C[N+](=O)[O-])[C@@H]1OC(C)(C)OCC1=O. The van der Waals surface area contributed by atoms with Crippen molar-refractivity contribution in [2.45, 2.75) is 32.7 Å². The zero-order valence-electron chi connectivity index (χ0n) is 11.1. The highest BCUT2D eigenvalue weighted by Gasteiger charge is 2.42. The van der Waals surface area contributed by atoms with E-state index < -0.39 is 41.0 Å². The molecule has 0 spiro atoms. The molecule has 1 aliphatic heterocycles. The van der Waals surface area contributed by atoms with Crippen molar-refractivity contribution in [2.75, 3.05) is 19.8 Å². The highest BCUT2D eigenvalue weighted by molar-refractivity contribution is 5.85. The molecule has 8 nitrogen and oxygen atoms in total. The lowest BCUT2D eigenvalue weighted by Crippen LogP contribution is -2.51. The van der Waals surface area contributed by atoms with Gasteiger partial charge in [-0.3, -0.25) is 19.7 Å². The highest BCUT2D eigenvalue weighted by Crippen LogP contribution is 2.25. The lowest BCUT2D eigenvalue weighted by atomic mass is 9.98. The van der Waals surface area contributed by atoms with Gasteiger partial charge in [-0.25, -0.2) is 0 Å². The van der Waals surface area contributed by atoms with Crippen LogP contribution in [-0.2, 0) is 23.8 Å². The first kappa shape index (κ1) is 15.5. The fraction of sp³-hybridized carbons (Fsp3) is 0.818. The van der Waals surface area contributed by atoms with Crippen LogP contribution in [0.25, 0.3) is 0 Å². The number of esters is 1. The van der Waals surface area contributed by atoms with Gasteiger partial charge in [0.15, 0.2) is 11.6 Å². The minimum atomic E-state index is -1.01. The van der Waals surface area contributed by atoms with Crippen molar-refractivity contribution >= 4 is 11.8 Å². The minimum Gasteiger partial charge on any atom is -0.465 e. The molecule has 0 unspecified atom stereocenters. The van der Waals surface area contributed by atoms with Crippen LogP contribution in [0.1, 0.15) is 20.8 Å². The summed E-state index contributed by atoms with van der Waals surface area (Å²) in [6.07, 6.45) is -1.01. The number of hydrogen-bond acceptors (Lipinski definition) is 7. The molecule has 0 radical (unpaired) electrons. The predicted octanol–water partition coefficient (Wildman–Crippen LogP) is 0.163. The maximum Gasteiger partial charge on any atom is 0.302 e. The summed E-state index contributed by atoms with van der Waals surface area (Å²) in [6.45, 7) is 3.50. The first-order valence-corrected chi connectivity index (χ1v) is 5.81. The van der Waals surface area contributed by atoms with Crippen molar-refractivity contribution in [3.8, 4) is 0 Å². The molecule has 0 amide bonds. The van der Waals surface area contributed by atoms with E-state index in [2.05, 4.69) is 0 Å². The Morgan fingerprint density at radius 3 is 2.79 bits per heavy atom. The third-order valence-electron chi connectivity index (χ3n) is 2.60. The summed E-state index contributed by atoms with van der Waals surface area (Å²) < 4.78 is 15.3. The number of nitro groups is 1. The van der Waals surface area contributed by atoms with Gasteiger partial charge in [0.25, 0.3) is 0 Å². The molecule has 1 saturated heterocycles. The molecule has 0 aliphatic carbocycles. The van der Waals surface area contributed by atoms with Crippen molar-refractivity contribution in [3.63, 3.8) is 0 Å². The van der Waals surface area contributed by atoms with E-state index in [9.17, 15) is 19.7 Å². The number of ketones is 1. The van der Waals surface area contributed by atoms with Crippen molar-refractivity contribution in [2.24, 2.45) is 5.92 Å². The Morgan fingerprint density at radius 2 is 2.26 bits per heavy atom. The monoisotopic (exact) mass is 275 g/mol. The molecule has 8 heteroatoms. The summed E-state index contributed by atoms with van der Waals surface area (Å²) in [4.78, 5) is 32.6. The van der Waals surface area contributed by atoms with Gasteiger partial charge in [0.05, 0.1) is 5.92 Å². The average Bonchev–Trinajstić information content (AvgIpc) is 2.27. The average molecular weight is 275 g/mol. The lowest BCUT2D eigenvalue weighted by Gasteiger charge is -2.37. The fourth-order valence-electron chi connectivity index (χ4n) is 1.74. The maximum absolute atomic E-state index is 11.7. The van der Waals surface area contributed by atoms with Crippen LogP contribution >= 0.6 is 0 Å². The zero-order chi connectivity index (χ0) is 14.6. The fourth-order valence-corrected chi connectivity index (χ4v) is 1.74. The first-order valence-electron chi connectivity index (χ1n) is 5.81. The van der Waals surface area contributed by atoms with Crippen LogP contribution in [0.4, 0.5) is 0 Å². The van der Waals surface area contributed by atoms with Crippen molar-refractivity contribution in [1.82, 2.24) is 0 Å². The summed E-state index contributed by atoms with van der Waals surface area (Å²) in [5, 5.41) is 10.6. The summed E-state index contributed by atoms with van der Waals surface area (Å²) in [5.74, 6) is -2.77. The first-order chi connectivity index (χ1) is 8.71. The normalized spacial score (nSPS) is 23.7. The molecule has 1 aliphatic rings. The number of ether oxygens (including phenoxy) is 3. The Morgan fingerprint density at radius 1 is 1.63 bits per heavy atom. The lowest BCUT2D eigenvalue weighted by molar-refractivity contribution is -0.492. The molecular formula is C11H17NO7. The molecule has 19 heavy (non-hydrogen) atoms. The van der Waals surface area contributed by atoms with E-state index in [-0.39, 0.29) is 13.2 Å². The van der Waals surface area contributed by atoms with E-state index in [1.54, 1.807) is 13.8 Å². The maximum atomic E-state index is 11.7. The molecule has 0 bridgehead atoms. The number of rotatable bonds is 5. The van der Waals surface area contributed by atoms with Gasteiger partial charge >= 0.3 is 5.97 Å². The minimum absolute atomic E-state index is 0.175. The van der Waals surface area contributed by atoms with Crippen LogP contribution < -0.4 is 0 Å². The van der Waals surface area contributed by atoms with E-state index >= 15 is 0 Å². The molecule has 1 rings (SSSR count). The van der Waals surface area contributed by atoms with Gasteiger partial charge in [-0.2, -0.15) is 0 Å². The summed E-state index contributed by atoms with van der Waals surface area (Å²) in [7, 11) is 0. The summed E-state index contributed by atoms with van der Waals surface area (Å²) in [5.41, 5.74) is 0. The molecule has 0 aromatic heterocycles. The Hall–Kier alpha value is -1.54. The Labute approximate surface area is 110 Å². The van der Waals surface area contributed by atoms with Gasteiger partial charge < -0.3 is 14.2 Å². The van der Waals surface area contributed by atoms with Gasteiger partial charge in [0.1, 0.15) is 19.3 Å². The van der Waals surface area contributed by atoms with E-state index in [0.717, 1.165) is 0 Å². The second kappa shape index (κ2) is 6.07. The topological polar surface area (TPSA) is 105 Å². The molecule has 108 valence electrons. The van der Waals surface area contributed by atoms with Crippen molar-refractivity contribution in [3.05, 3.63) is 10.1 Å². The number of carbonyl (C=O) groups excluding carboxylic acids is 2. The van der Waals surface area contributed by atoms with E-state index in [1.807, 2.05) is 0 Å². The highest BCUT2D eigenvalue weighted by atomic mass is 16.7. The second-order valence-electron chi connectivity index (χ2n) is 4.77. The largest absolute Gasteiger partial charge is 0.465 e. The van der Waals surface area contributed by atoms with Gasteiger partial charge in [0, 0.05) is 11.8 Å². The Bertz CT molecular complexity index is 379. The zero-order valence-corrected chi connectivity index (χ0v) is 11.1. The van der Waals surface area contributed by atoms with Crippen LogP contribution in [-0.4, -0.2) is 48.3 Å². The number of carbonyl (C=O) groups is 2. The molecule has 0 aromatic carbocycles. The van der Waals surface area contributed by atoms with Gasteiger partial charge in [0.2, 0.25) is 6.54 Å². The molecular weight excluding hydrogens is 258 g/mol. The van der Waals surface area contributed by atoms with E-state index in [1.165, 1.54) is 6.92 Å². The van der Waals surface area contributed by atoms with E-state index in [0.29, 0.717) is 0 Å². The molecule has 1 fully saturated rings. The van der Waals surface area contributed by atoms with Gasteiger partial charge in [-0.1, -0.05) is 0 Å². The number of nitrogens with zero attached hydrogens (tertiary/aromatic N) is 1. The van der Waals surface area contributed by atoms with Crippen LogP contribution in [0, 0.1) is 16.0 Å².